The van der Waals surface area contributed by atoms with E-state index in [9.17, 15) is 9.59 Å². The summed E-state index contributed by atoms with van der Waals surface area (Å²) in [6.07, 6.45) is 2.12. The summed E-state index contributed by atoms with van der Waals surface area (Å²) in [7, 11) is 1.34. The number of aryl methyl sites for hydroxylation is 1. The van der Waals surface area contributed by atoms with Gasteiger partial charge in [0.05, 0.1) is 40.7 Å². The van der Waals surface area contributed by atoms with E-state index >= 15 is 4.39 Å². The molecule has 2 aliphatic heterocycles. The quantitative estimate of drug-likeness (QED) is 0.235. The Labute approximate surface area is 264 Å². The van der Waals surface area contributed by atoms with E-state index in [0.717, 1.165) is 12.8 Å². The lowest BCUT2D eigenvalue weighted by Gasteiger charge is -2.39. The van der Waals surface area contributed by atoms with Crippen LogP contribution in [0, 0.1) is 18.7 Å². The molecule has 0 spiro atoms. The fourth-order valence-corrected chi connectivity index (χ4v) is 7.54. The Morgan fingerprint density at radius 1 is 1.16 bits per heavy atom. The van der Waals surface area contributed by atoms with Crippen molar-refractivity contribution in [2.75, 3.05) is 25.6 Å². The minimum Gasteiger partial charge on any atom is -0.476 e. The molecule has 1 saturated carbocycles. The van der Waals surface area contributed by atoms with Gasteiger partial charge in [-0.2, -0.15) is 5.10 Å². The Kier molecular flexibility index (Phi) is 7.10. The van der Waals surface area contributed by atoms with Gasteiger partial charge in [0.15, 0.2) is 0 Å². The lowest BCUT2D eigenvalue weighted by atomic mass is 9.77. The lowest BCUT2D eigenvalue weighted by Crippen LogP contribution is -2.57. The molecular formula is C33H31Cl2FN4O4. The third-order valence-electron chi connectivity index (χ3n) is 9.51. The third kappa shape index (κ3) is 4.47. The van der Waals surface area contributed by atoms with Crippen molar-refractivity contribution in [1.82, 2.24) is 14.7 Å². The molecule has 0 radical (unpaired) electrons. The first-order chi connectivity index (χ1) is 21.1. The van der Waals surface area contributed by atoms with Gasteiger partial charge in [0.2, 0.25) is 11.8 Å². The second-order valence-electron chi connectivity index (χ2n) is 12.1. The summed E-state index contributed by atoms with van der Waals surface area (Å²) in [5, 5.41) is 9.20. The third-order valence-corrected chi connectivity index (χ3v) is 10.0. The molecule has 8 nitrogen and oxygen atoms in total. The van der Waals surface area contributed by atoms with E-state index in [1.54, 1.807) is 53.2 Å². The summed E-state index contributed by atoms with van der Waals surface area (Å²) in [6, 6.07) is 14.5. The van der Waals surface area contributed by atoms with Crippen LogP contribution in [0.1, 0.15) is 53.2 Å². The second-order valence-corrected chi connectivity index (χ2v) is 12.9. The van der Waals surface area contributed by atoms with Crippen LogP contribution in [-0.4, -0.2) is 58.4 Å². The van der Waals surface area contributed by atoms with Gasteiger partial charge in [-0.1, -0.05) is 41.4 Å². The van der Waals surface area contributed by atoms with Crippen molar-refractivity contribution in [3.8, 4) is 5.88 Å². The van der Waals surface area contributed by atoms with E-state index in [0.29, 0.717) is 56.6 Å². The number of halogens is 3. The standard InChI is InChI=1S/C33H31Cl2FN4O4/c1-17-21(31(41)43-3)12-13-24-26(17)30-40(38-24)29-25(16-44-30)39(15-18-10-11-18)33(2,27(29)22-8-5-9-23(35)28(22)36)32(42)37-20-7-4-6-19(34)14-20/h4-9,12-14,18,25,27,29H,10-11,15-16H2,1-3H3,(H,37,42)/t25-,27-,29+,33+/m0/s1. The molecule has 0 unspecified atom stereocenters. The fourth-order valence-electron chi connectivity index (χ4n) is 7.16. The number of nitrogens with zero attached hydrogens (tertiary/aromatic N) is 3. The number of rotatable bonds is 6. The molecule has 44 heavy (non-hydrogen) atoms. The molecule has 4 atom stereocenters. The highest BCUT2D eigenvalue weighted by molar-refractivity contribution is 6.31. The van der Waals surface area contributed by atoms with Crippen molar-refractivity contribution >= 4 is 51.7 Å². The Balaban J connectivity index is 1.44. The molecule has 4 aromatic rings. The zero-order valence-electron chi connectivity index (χ0n) is 24.4. The molecule has 3 aromatic carbocycles. The van der Waals surface area contributed by atoms with Gasteiger partial charge in [0.1, 0.15) is 18.0 Å². The monoisotopic (exact) mass is 636 g/mol. The van der Waals surface area contributed by atoms with Gasteiger partial charge in [-0.3, -0.25) is 9.69 Å². The van der Waals surface area contributed by atoms with Crippen molar-refractivity contribution in [3.05, 3.63) is 87.2 Å². The number of amides is 1. The minimum atomic E-state index is -1.24. The zero-order valence-corrected chi connectivity index (χ0v) is 26.0. The summed E-state index contributed by atoms with van der Waals surface area (Å²) in [5.74, 6) is -1.13. The average molecular weight is 638 g/mol. The Morgan fingerprint density at radius 3 is 2.66 bits per heavy atom. The van der Waals surface area contributed by atoms with Gasteiger partial charge >= 0.3 is 5.97 Å². The largest absolute Gasteiger partial charge is 0.476 e. The van der Waals surface area contributed by atoms with Crippen LogP contribution < -0.4 is 10.1 Å². The topological polar surface area (TPSA) is 85.7 Å². The van der Waals surface area contributed by atoms with Crippen LogP contribution in [0.25, 0.3) is 10.9 Å². The molecule has 2 fully saturated rings. The summed E-state index contributed by atoms with van der Waals surface area (Å²) in [4.78, 5) is 29.3. The number of likely N-dealkylation sites (tertiary alicyclic amines) is 1. The summed E-state index contributed by atoms with van der Waals surface area (Å²) in [5.41, 5.74) is 1.35. The van der Waals surface area contributed by atoms with Crippen molar-refractivity contribution in [3.63, 3.8) is 0 Å². The molecule has 3 aliphatic rings. The van der Waals surface area contributed by atoms with Crippen LogP contribution in [0.15, 0.2) is 54.6 Å². The molecule has 7 rings (SSSR count). The van der Waals surface area contributed by atoms with Gasteiger partial charge < -0.3 is 14.8 Å². The van der Waals surface area contributed by atoms with E-state index in [4.69, 9.17) is 37.8 Å². The predicted octanol–water partition coefficient (Wildman–Crippen LogP) is 6.79. The van der Waals surface area contributed by atoms with Crippen molar-refractivity contribution in [2.24, 2.45) is 5.92 Å². The molecule has 1 saturated heterocycles. The maximum absolute atomic E-state index is 16.1. The Morgan fingerprint density at radius 2 is 1.93 bits per heavy atom. The van der Waals surface area contributed by atoms with E-state index < -0.39 is 29.3 Å². The normalized spacial score (nSPS) is 24.5. The zero-order chi connectivity index (χ0) is 30.9. The summed E-state index contributed by atoms with van der Waals surface area (Å²) >= 11 is 12.6. The maximum atomic E-state index is 16.1. The number of nitrogens with one attached hydrogen (secondary N) is 1. The first-order valence-electron chi connectivity index (χ1n) is 14.6. The van der Waals surface area contributed by atoms with E-state index in [2.05, 4.69) is 10.2 Å². The first kappa shape index (κ1) is 29.1. The molecule has 11 heteroatoms. The SMILES string of the molecule is COC(=O)c1ccc2nn3c(c2c1C)OC[C@H]1[C@@H]3[C@H](c2cccc(Cl)c2F)[C@](C)(C(=O)Nc2cccc(Cl)c2)N1CC1CC1. The van der Waals surface area contributed by atoms with Crippen molar-refractivity contribution in [2.45, 2.75) is 50.2 Å². The first-order valence-corrected chi connectivity index (χ1v) is 15.4. The molecule has 1 amide bonds. The molecule has 1 aromatic heterocycles. The summed E-state index contributed by atoms with van der Waals surface area (Å²) in [6.45, 7) is 4.60. The predicted molar refractivity (Wildman–Crippen MR) is 166 cm³/mol. The van der Waals surface area contributed by atoms with E-state index in [1.807, 2.05) is 13.8 Å². The van der Waals surface area contributed by atoms with Crippen LogP contribution >= 0.6 is 23.2 Å². The number of hydrogen-bond acceptors (Lipinski definition) is 6. The molecule has 1 N–H and O–H groups in total. The van der Waals surface area contributed by atoms with Crippen molar-refractivity contribution in [1.29, 1.82) is 0 Å². The van der Waals surface area contributed by atoms with Crippen LogP contribution in [-0.2, 0) is 9.53 Å². The van der Waals surface area contributed by atoms with Crippen LogP contribution in [0.3, 0.4) is 0 Å². The number of esters is 1. The Hall–Kier alpha value is -3.66. The number of fused-ring (bicyclic) bond motifs is 5. The van der Waals surface area contributed by atoms with Crippen LogP contribution in [0.5, 0.6) is 5.88 Å². The number of carbonyl (C=O) groups is 2. The number of ether oxygens (including phenoxy) is 2. The van der Waals surface area contributed by atoms with Gasteiger partial charge in [-0.05, 0) is 80.1 Å². The summed E-state index contributed by atoms with van der Waals surface area (Å²) < 4.78 is 29.4. The highest BCUT2D eigenvalue weighted by atomic mass is 35.5. The maximum Gasteiger partial charge on any atom is 0.338 e. The molecule has 3 heterocycles. The second kappa shape index (κ2) is 10.8. The number of methoxy groups -OCH3 is 1. The smallest absolute Gasteiger partial charge is 0.338 e. The Bertz CT molecular complexity index is 1830. The lowest BCUT2D eigenvalue weighted by molar-refractivity contribution is -0.127. The van der Waals surface area contributed by atoms with Gasteiger partial charge in [-0.15, -0.1) is 0 Å². The van der Waals surface area contributed by atoms with E-state index in [-0.39, 0.29) is 23.6 Å². The fraction of sp³-hybridized carbons (Fsp3) is 0.364. The average Bonchev–Trinajstić information content (AvgIpc) is 3.69. The van der Waals surface area contributed by atoms with Crippen molar-refractivity contribution < 1.29 is 23.5 Å². The molecule has 1 aliphatic carbocycles. The van der Waals surface area contributed by atoms with Gasteiger partial charge in [-0.25, -0.2) is 13.9 Å². The number of aromatic nitrogens is 2. The number of carbonyl (C=O) groups excluding carboxylic acids is 2. The number of hydrogen-bond donors (Lipinski definition) is 1. The van der Waals surface area contributed by atoms with Crippen LogP contribution in [0.4, 0.5) is 10.1 Å². The highest BCUT2D eigenvalue weighted by Crippen LogP contribution is 2.57. The molecule has 0 bridgehead atoms. The van der Waals surface area contributed by atoms with E-state index in [1.165, 1.54) is 13.2 Å². The number of benzene rings is 3. The minimum absolute atomic E-state index is 0.0197. The van der Waals surface area contributed by atoms with Gasteiger partial charge in [0.25, 0.3) is 0 Å². The van der Waals surface area contributed by atoms with Gasteiger partial charge in [0, 0.05) is 23.2 Å². The molecular weight excluding hydrogens is 606 g/mol. The molecule has 228 valence electrons. The number of anilines is 1. The van der Waals surface area contributed by atoms with Crippen LogP contribution in [0.2, 0.25) is 10.0 Å². The highest BCUT2D eigenvalue weighted by Gasteiger charge is 2.64.